The standard InChI is InChI=1S/C14H17N3O3/c18-13-6-10(7-14(19)20)15-12-8-11(16-17(12)13)9-4-2-1-3-5-9/h6,8-9,16H,1-5,7H2,(H,19,20). The molecule has 6 nitrogen and oxygen atoms in total. The molecule has 1 fully saturated rings. The van der Waals surface area contributed by atoms with Gasteiger partial charge in [0.1, 0.15) is 0 Å². The van der Waals surface area contributed by atoms with E-state index >= 15 is 0 Å². The molecule has 0 bridgehead atoms. The van der Waals surface area contributed by atoms with E-state index in [2.05, 4.69) is 10.1 Å². The van der Waals surface area contributed by atoms with Crippen molar-refractivity contribution >= 4 is 11.6 Å². The topological polar surface area (TPSA) is 87.5 Å². The minimum Gasteiger partial charge on any atom is -0.481 e. The molecule has 0 aromatic carbocycles. The summed E-state index contributed by atoms with van der Waals surface area (Å²) in [5.74, 6) is -0.530. The fraction of sp³-hybridized carbons (Fsp3) is 0.500. The zero-order valence-corrected chi connectivity index (χ0v) is 11.1. The summed E-state index contributed by atoms with van der Waals surface area (Å²) in [6.07, 6.45) is 5.74. The highest BCUT2D eigenvalue weighted by molar-refractivity contribution is 5.69. The van der Waals surface area contributed by atoms with Crippen LogP contribution in [-0.2, 0) is 11.2 Å². The first kappa shape index (κ1) is 12.9. The molecule has 1 saturated carbocycles. The molecule has 0 aliphatic heterocycles. The summed E-state index contributed by atoms with van der Waals surface area (Å²) in [5, 5.41) is 11.9. The number of hydrogen-bond donors (Lipinski definition) is 2. The van der Waals surface area contributed by atoms with E-state index in [0.29, 0.717) is 17.3 Å². The second-order valence-electron chi connectivity index (χ2n) is 5.40. The van der Waals surface area contributed by atoms with Crippen LogP contribution in [0.1, 0.15) is 49.4 Å². The van der Waals surface area contributed by atoms with Gasteiger partial charge < -0.3 is 5.11 Å². The third-order valence-electron chi connectivity index (χ3n) is 3.90. The van der Waals surface area contributed by atoms with Crippen LogP contribution in [0.4, 0.5) is 0 Å². The molecular weight excluding hydrogens is 258 g/mol. The Kier molecular flexibility index (Phi) is 3.30. The molecule has 1 aliphatic carbocycles. The molecule has 2 aromatic heterocycles. The van der Waals surface area contributed by atoms with Crippen LogP contribution >= 0.6 is 0 Å². The van der Waals surface area contributed by atoms with E-state index in [1.165, 1.54) is 29.8 Å². The highest BCUT2D eigenvalue weighted by Crippen LogP contribution is 2.31. The van der Waals surface area contributed by atoms with Crippen LogP contribution in [0.5, 0.6) is 0 Å². The lowest BCUT2D eigenvalue weighted by Crippen LogP contribution is -2.17. The summed E-state index contributed by atoms with van der Waals surface area (Å²) in [6.45, 7) is 0. The van der Waals surface area contributed by atoms with Gasteiger partial charge in [0.15, 0.2) is 5.65 Å². The molecule has 2 N–H and O–H groups in total. The zero-order chi connectivity index (χ0) is 14.1. The molecule has 1 aliphatic rings. The Hall–Kier alpha value is -2.11. The van der Waals surface area contributed by atoms with Crippen molar-refractivity contribution < 1.29 is 9.90 Å². The maximum atomic E-state index is 12.0. The van der Waals surface area contributed by atoms with Gasteiger partial charge in [0, 0.05) is 23.7 Å². The van der Waals surface area contributed by atoms with Gasteiger partial charge in [-0.1, -0.05) is 19.3 Å². The number of carboxylic acids is 1. The van der Waals surface area contributed by atoms with Crippen molar-refractivity contribution in [1.29, 1.82) is 0 Å². The molecular formula is C14H17N3O3. The number of rotatable bonds is 3. The minimum absolute atomic E-state index is 0.227. The van der Waals surface area contributed by atoms with Crippen LogP contribution in [0.25, 0.3) is 5.65 Å². The normalized spacial score (nSPS) is 16.6. The SMILES string of the molecule is O=C(O)Cc1cc(=O)n2[nH]c(C3CCCCC3)cc2n1. The lowest BCUT2D eigenvalue weighted by atomic mass is 9.87. The number of aromatic nitrogens is 3. The third-order valence-corrected chi connectivity index (χ3v) is 3.90. The first-order valence-electron chi connectivity index (χ1n) is 6.97. The number of nitrogens with zero attached hydrogens (tertiary/aromatic N) is 2. The summed E-state index contributed by atoms with van der Waals surface area (Å²) >= 11 is 0. The smallest absolute Gasteiger partial charge is 0.309 e. The maximum Gasteiger partial charge on any atom is 0.309 e. The number of H-pyrrole nitrogens is 1. The van der Waals surface area contributed by atoms with E-state index in [9.17, 15) is 9.59 Å². The fourth-order valence-corrected chi connectivity index (χ4v) is 2.93. The van der Waals surface area contributed by atoms with Crippen LogP contribution in [-0.4, -0.2) is 25.7 Å². The third kappa shape index (κ3) is 2.45. The number of nitrogens with one attached hydrogen (secondary N) is 1. The van der Waals surface area contributed by atoms with Gasteiger partial charge in [0.2, 0.25) is 0 Å². The van der Waals surface area contributed by atoms with Crippen molar-refractivity contribution in [2.24, 2.45) is 0 Å². The predicted octanol–water partition coefficient (Wildman–Crippen LogP) is 1.70. The van der Waals surface area contributed by atoms with Crippen molar-refractivity contribution in [1.82, 2.24) is 14.6 Å². The number of fused-ring (bicyclic) bond motifs is 1. The quantitative estimate of drug-likeness (QED) is 0.892. The predicted molar refractivity (Wildman–Crippen MR) is 73.0 cm³/mol. The van der Waals surface area contributed by atoms with Crippen molar-refractivity contribution in [3.05, 3.63) is 33.9 Å². The lowest BCUT2D eigenvalue weighted by Gasteiger charge is -2.19. The fourth-order valence-electron chi connectivity index (χ4n) is 2.93. The number of aromatic amines is 1. The van der Waals surface area contributed by atoms with Crippen LogP contribution in [0.3, 0.4) is 0 Å². The van der Waals surface area contributed by atoms with Crippen LogP contribution < -0.4 is 5.56 Å². The molecule has 2 heterocycles. The Bertz CT molecular complexity index is 695. The Balaban J connectivity index is 1.99. The van der Waals surface area contributed by atoms with E-state index in [1.807, 2.05) is 6.07 Å². The molecule has 2 aromatic rings. The highest BCUT2D eigenvalue weighted by atomic mass is 16.4. The van der Waals surface area contributed by atoms with Gasteiger partial charge in [-0.05, 0) is 12.8 Å². The average Bonchev–Trinajstić information content (AvgIpc) is 2.83. The van der Waals surface area contributed by atoms with E-state index in [4.69, 9.17) is 5.11 Å². The zero-order valence-electron chi connectivity index (χ0n) is 11.1. The van der Waals surface area contributed by atoms with Gasteiger partial charge in [-0.25, -0.2) is 9.50 Å². The average molecular weight is 275 g/mol. The molecule has 0 spiro atoms. The van der Waals surface area contributed by atoms with Gasteiger partial charge in [-0.3, -0.25) is 14.7 Å². The molecule has 20 heavy (non-hydrogen) atoms. The van der Waals surface area contributed by atoms with Gasteiger partial charge in [-0.2, -0.15) is 0 Å². The summed E-state index contributed by atoms with van der Waals surface area (Å²) in [4.78, 5) is 26.9. The number of aliphatic carboxylic acids is 1. The monoisotopic (exact) mass is 275 g/mol. The van der Waals surface area contributed by atoms with Gasteiger partial charge in [0.25, 0.3) is 5.56 Å². The van der Waals surface area contributed by atoms with E-state index in [-0.39, 0.29) is 12.0 Å². The van der Waals surface area contributed by atoms with E-state index < -0.39 is 5.97 Å². The Morgan fingerprint density at radius 1 is 1.35 bits per heavy atom. The Morgan fingerprint density at radius 2 is 2.10 bits per heavy atom. The summed E-state index contributed by atoms with van der Waals surface area (Å²) in [5.41, 5.74) is 1.58. The first-order valence-corrected chi connectivity index (χ1v) is 6.97. The van der Waals surface area contributed by atoms with Crippen molar-refractivity contribution in [2.75, 3.05) is 0 Å². The highest BCUT2D eigenvalue weighted by Gasteiger charge is 2.18. The number of carboxylic acid groups (broad SMARTS) is 1. The van der Waals surface area contributed by atoms with Crippen LogP contribution in [0.2, 0.25) is 0 Å². The van der Waals surface area contributed by atoms with E-state index in [0.717, 1.165) is 18.5 Å². The molecule has 0 atom stereocenters. The van der Waals surface area contributed by atoms with Gasteiger partial charge >= 0.3 is 5.97 Å². The Morgan fingerprint density at radius 3 is 2.80 bits per heavy atom. The molecule has 0 radical (unpaired) electrons. The van der Waals surface area contributed by atoms with Crippen molar-refractivity contribution in [2.45, 2.75) is 44.4 Å². The molecule has 3 rings (SSSR count). The second-order valence-corrected chi connectivity index (χ2v) is 5.40. The minimum atomic E-state index is -0.982. The first-order chi connectivity index (χ1) is 9.63. The number of carbonyl (C=O) groups is 1. The van der Waals surface area contributed by atoms with E-state index in [1.54, 1.807) is 0 Å². The largest absolute Gasteiger partial charge is 0.481 e. The van der Waals surface area contributed by atoms with Crippen LogP contribution in [0.15, 0.2) is 16.9 Å². The summed E-state index contributed by atoms with van der Waals surface area (Å²) in [6, 6.07) is 3.16. The summed E-state index contributed by atoms with van der Waals surface area (Å²) < 4.78 is 1.40. The second kappa shape index (κ2) is 5.11. The molecule has 106 valence electrons. The van der Waals surface area contributed by atoms with Crippen LogP contribution in [0, 0.1) is 0 Å². The molecule has 0 amide bonds. The van der Waals surface area contributed by atoms with Gasteiger partial charge in [0.05, 0.1) is 12.1 Å². The lowest BCUT2D eigenvalue weighted by molar-refractivity contribution is -0.136. The Labute approximate surface area is 115 Å². The maximum absolute atomic E-state index is 12.0. The van der Waals surface area contributed by atoms with Crippen molar-refractivity contribution in [3.63, 3.8) is 0 Å². The molecule has 0 saturated heterocycles. The van der Waals surface area contributed by atoms with Crippen molar-refractivity contribution in [3.8, 4) is 0 Å². The van der Waals surface area contributed by atoms with Gasteiger partial charge in [-0.15, -0.1) is 0 Å². The summed E-state index contributed by atoms with van der Waals surface area (Å²) in [7, 11) is 0. The molecule has 6 heteroatoms. The number of hydrogen-bond acceptors (Lipinski definition) is 3. The molecule has 0 unspecified atom stereocenters.